The number of hydrogen-bond acceptors (Lipinski definition) is 3. The van der Waals surface area contributed by atoms with E-state index in [-0.39, 0.29) is 6.03 Å². The molecule has 2 rings (SSSR count). The van der Waals surface area contributed by atoms with Gasteiger partial charge in [0.25, 0.3) is 0 Å². The lowest BCUT2D eigenvalue weighted by molar-refractivity contribution is -0.141. The summed E-state index contributed by atoms with van der Waals surface area (Å²) in [7, 11) is 0. The van der Waals surface area contributed by atoms with Crippen LogP contribution < -0.4 is 10.1 Å². The quantitative estimate of drug-likeness (QED) is 0.788. The highest BCUT2D eigenvalue weighted by Gasteiger charge is 2.30. The second-order valence-electron chi connectivity index (χ2n) is 5.90. The second-order valence-corrected chi connectivity index (χ2v) is 5.90. The molecule has 1 atom stereocenters. The van der Waals surface area contributed by atoms with Gasteiger partial charge in [0, 0.05) is 19.6 Å². The normalized spacial score (nSPS) is 17.1. The molecule has 1 saturated heterocycles. The minimum atomic E-state index is -0.831. The molecule has 1 aromatic rings. The molecule has 1 unspecified atom stereocenters. The third kappa shape index (κ3) is 4.61. The van der Waals surface area contributed by atoms with Gasteiger partial charge >= 0.3 is 12.0 Å². The molecule has 1 fully saturated rings. The van der Waals surface area contributed by atoms with E-state index < -0.39 is 11.9 Å². The zero-order chi connectivity index (χ0) is 16.8. The molecular formula is C17H24N2O4. The van der Waals surface area contributed by atoms with Gasteiger partial charge in [0.15, 0.2) is 0 Å². The Balaban J connectivity index is 1.65. The zero-order valence-corrected chi connectivity index (χ0v) is 13.7. The van der Waals surface area contributed by atoms with Crippen LogP contribution in [0.3, 0.4) is 0 Å². The highest BCUT2D eigenvalue weighted by atomic mass is 16.5. The summed E-state index contributed by atoms with van der Waals surface area (Å²) in [4.78, 5) is 24.4. The highest BCUT2D eigenvalue weighted by molar-refractivity contribution is 5.77. The fourth-order valence-corrected chi connectivity index (χ4v) is 2.59. The van der Waals surface area contributed by atoms with Gasteiger partial charge in [0.1, 0.15) is 5.75 Å². The van der Waals surface area contributed by atoms with E-state index in [1.165, 1.54) is 5.56 Å². The van der Waals surface area contributed by atoms with Crippen molar-refractivity contribution >= 4 is 12.0 Å². The number of rotatable bonds is 6. The number of carbonyl (C=O) groups is 2. The summed E-state index contributed by atoms with van der Waals surface area (Å²) < 4.78 is 5.73. The molecule has 126 valence electrons. The maximum Gasteiger partial charge on any atom is 0.317 e. The van der Waals surface area contributed by atoms with E-state index in [9.17, 15) is 9.59 Å². The Kier molecular flexibility index (Phi) is 5.84. The molecule has 1 aromatic carbocycles. The maximum absolute atomic E-state index is 11.9. The summed E-state index contributed by atoms with van der Waals surface area (Å²) in [6.45, 7) is 5.91. The summed E-state index contributed by atoms with van der Waals surface area (Å²) in [5.74, 6) is -0.393. The SMILES string of the molecule is Cc1cccc(OCCCNC(=O)N2CCC(C(=O)O)C2)c1C. The molecule has 0 spiro atoms. The van der Waals surface area contributed by atoms with Crippen molar-refractivity contribution in [2.24, 2.45) is 5.92 Å². The van der Waals surface area contributed by atoms with Crippen LogP contribution in [0, 0.1) is 19.8 Å². The Hall–Kier alpha value is -2.24. The lowest BCUT2D eigenvalue weighted by Crippen LogP contribution is -2.39. The van der Waals surface area contributed by atoms with Crippen LogP contribution >= 0.6 is 0 Å². The molecule has 6 heteroatoms. The highest BCUT2D eigenvalue weighted by Crippen LogP contribution is 2.20. The number of likely N-dealkylation sites (tertiary alicyclic amines) is 1. The first kappa shape index (κ1) is 17.1. The van der Waals surface area contributed by atoms with Crippen LogP contribution in [0.15, 0.2) is 18.2 Å². The molecule has 0 aliphatic carbocycles. The van der Waals surface area contributed by atoms with Crippen LogP contribution in [0.5, 0.6) is 5.75 Å². The Labute approximate surface area is 136 Å². The van der Waals surface area contributed by atoms with E-state index in [4.69, 9.17) is 9.84 Å². The number of hydrogen-bond donors (Lipinski definition) is 2. The van der Waals surface area contributed by atoms with Crippen LogP contribution in [0.4, 0.5) is 4.79 Å². The summed E-state index contributed by atoms with van der Waals surface area (Å²) >= 11 is 0. The maximum atomic E-state index is 11.9. The van der Waals surface area contributed by atoms with Crippen molar-refractivity contribution in [1.82, 2.24) is 10.2 Å². The van der Waals surface area contributed by atoms with Gasteiger partial charge in [-0.15, -0.1) is 0 Å². The summed E-state index contributed by atoms with van der Waals surface area (Å²) in [5.41, 5.74) is 2.33. The number of benzene rings is 1. The number of urea groups is 1. The number of ether oxygens (including phenoxy) is 1. The van der Waals surface area contributed by atoms with Crippen LogP contribution in [0.1, 0.15) is 24.0 Å². The minimum absolute atomic E-state index is 0.194. The molecule has 0 aromatic heterocycles. The van der Waals surface area contributed by atoms with Crippen LogP contribution in [-0.4, -0.2) is 48.2 Å². The minimum Gasteiger partial charge on any atom is -0.493 e. The Morgan fingerprint density at radius 1 is 1.39 bits per heavy atom. The van der Waals surface area contributed by atoms with Gasteiger partial charge in [-0.2, -0.15) is 0 Å². The predicted molar refractivity (Wildman–Crippen MR) is 86.7 cm³/mol. The number of aryl methyl sites for hydroxylation is 1. The lowest BCUT2D eigenvalue weighted by atomic mass is 10.1. The summed E-state index contributed by atoms with van der Waals surface area (Å²) in [5, 5.41) is 11.7. The number of carboxylic acid groups (broad SMARTS) is 1. The average molecular weight is 320 g/mol. The lowest BCUT2D eigenvalue weighted by Gasteiger charge is -2.17. The van der Waals surface area contributed by atoms with E-state index in [1.807, 2.05) is 32.0 Å². The smallest absolute Gasteiger partial charge is 0.317 e. The number of carbonyl (C=O) groups excluding carboxylic acids is 1. The van der Waals surface area contributed by atoms with Crippen molar-refractivity contribution in [3.05, 3.63) is 29.3 Å². The van der Waals surface area contributed by atoms with Crippen LogP contribution in [-0.2, 0) is 4.79 Å². The standard InChI is InChI=1S/C17H24N2O4/c1-12-5-3-6-15(13(12)2)23-10-4-8-18-17(22)19-9-7-14(11-19)16(20)21/h3,5-6,14H,4,7-11H2,1-2H3,(H,18,22)(H,20,21). The molecule has 1 heterocycles. The fraction of sp³-hybridized carbons (Fsp3) is 0.529. The first-order valence-corrected chi connectivity index (χ1v) is 7.93. The van der Waals surface area contributed by atoms with Gasteiger partial charge in [-0.25, -0.2) is 4.79 Å². The van der Waals surface area contributed by atoms with Crippen LogP contribution in [0.25, 0.3) is 0 Å². The van der Waals surface area contributed by atoms with Gasteiger partial charge in [-0.1, -0.05) is 12.1 Å². The van der Waals surface area contributed by atoms with Crippen molar-refractivity contribution in [3.8, 4) is 5.75 Å². The Bertz CT molecular complexity index is 574. The molecule has 0 bridgehead atoms. The van der Waals surface area contributed by atoms with Gasteiger partial charge in [0.05, 0.1) is 12.5 Å². The monoisotopic (exact) mass is 320 g/mol. The molecule has 0 radical (unpaired) electrons. The molecule has 2 N–H and O–H groups in total. The first-order chi connectivity index (χ1) is 11.0. The van der Waals surface area contributed by atoms with Gasteiger partial charge in [-0.05, 0) is 43.9 Å². The number of amides is 2. The molecule has 2 amide bonds. The number of aliphatic carboxylic acids is 1. The summed E-state index contributed by atoms with van der Waals surface area (Å²) in [6, 6.07) is 5.76. The largest absolute Gasteiger partial charge is 0.493 e. The molecule has 23 heavy (non-hydrogen) atoms. The third-order valence-electron chi connectivity index (χ3n) is 4.23. The molecular weight excluding hydrogens is 296 g/mol. The summed E-state index contributed by atoms with van der Waals surface area (Å²) in [6.07, 6.45) is 1.23. The van der Waals surface area contributed by atoms with Crippen molar-refractivity contribution in [1.29, 1.82) is 0 Å². The van der Waals surface area contributed by atoms with Crippen molar-refractivity contribution < 1.29 is 19.4 Å². The van der Waals surface area contributed by atoms with E-state index in [0.29, 0.717) is 39.1 Å². The molecule has 0 saturated carbocycles. The second kappa shape index (κ2) is 7.85. The predicted octanol–water partition coefficient (Wildman–Crippen LogP) is 2.19. The van der Waals surface area contributed by atoms with Crippen molar-refractivity contribution in [2.75, 3.05) is 26.2 Å². The number of nitrogens with one attached hydrogen (secondary N) is 1. The van der Waals surface area contributed by atoms with Gasteiger partial charge < -0.3 is 20.1 Å². The first-order valence-electron chi connectivity index (χ1n) is 7.93. The Morgan fingerprint density at radius 3 is 2.87 bits per heavy atom. The van der Waals surface area contributed by atoms with Gasteiger partial charge in [0.2, 0.25) is 0 Å². The van der Waals surface area contributed by atoms with E-state index in [2.05, 4.69) is 5.32 Å². The fourth-order valence-electron chi connectivity index (χ4n) is 2.59. The van der Waals surface area contributed by atoms with E-state index in [1.54, 1.807) is 4.90 Å². The number of carboxylic acids is 1. The zero-order valence-electron chi connectivity index (χ0n) is 13.7. The van der Waals surface area contributed by atoms with Crippen molar-refractivity contribution in [2.45, 2.75) is 26.7 Å². The van der Waals surface area contributed by atoms with E-state index >= 15 is 0 Å². The van der Waals surface area contributed by atoms with E-state index in [0.717, 1.165) is 11.3 Å². The topological polar surface area (TPSA) is 78.9 Å². The Morgan fingerprint density at radius 2 is 2.17 bits per heavy atom. The van der Waals surface area contributed by atoms with Crippen LogP contribution in [0.2, 0.25) is 0 Å². The molecule has 1 aliphatic rings. The molecule has 6 nitrogen and oxygen atoms in total. The average Bonchev–Trinajstić information content (AvgIpc) is 3.01. The molecule has 1 aliphatic heterocycles. The number of nitrogens with zero attached hydrogens (tertiary/aromatic N) is 1. The van der Waals surface area contributed by atoms with Crippen molar-refractivity contribution in [3.63, 3.8) is 0 Å². The van der Waals surface area contributed by atoms with Gasteiger partial charge in [-0.3, -0.25) is 4.79 Å². The third-order valence-corrected chi connectivity index (χ3v) is 4.23.